The molecule has 0 spiro atoms. The summed E-state index contributed by atoms with van der Waals surface area (Å²) in [6.45, 7) is 3.95. The number of carboxylic acids is 1. The van der Waals surface area contributed by atoms with E-state index in [0.29, 0.717) is 12.8 Å². The van der Waals surface area contributed by atoms with Crippen LogP contribution in [0.4, 0.5) is 0 Å². The van der Waals surface area contributed by atoms with Crippen LogP contribution in [-0.4, -0.2) is 22.9 Å². The van der Waals surface area contributed by atoms with Crippen molar-refractivity contribution in [3.63, 3.8) is 0 Å². The lowest BCUT2D eigenvalue weighted by Gasteiger charge is -2.27. The van der Waals surface area contributed by atoms with Crippen LogP contribution in [0.1, 0.15) is 33.1 Å². The molecule has 0 aromatic heterocycles. The number of aliphatic carboxylic acids is 1. The molecule has 0 aliphatic rings. The van der Waals surface area contributed by atoms with Gasteiger partial charge in [-0.2, -0.15) is 0 Å². The maximum absolute atomic E-state index is 11.5. The Bertz CT molecular complexity index is 389. The Balaban J connectivity index is 2.91. The zero-order valence-electron chi connectivity index (χ0n) is 11.1. The van der Waals surface area contributed by atoms with Crippen LogP contribution in [0.5, 0.6) is 5.75 Å². The quantitative estimate of drug-likeness (QED) is 0.764. The number of benzene rings is 1. The van der Waals surface area contributed by atoms with Gasteiger partial charge >= 0.3 is 5.97 Å². The van der Waals surface area contributed by atoms with Crippen LogP contribution in [0.25, 0.3) is 0 Å². The number of ether oxygens (including phenoxy) is 1. The van der Waals surface area contributed by atoms with Gasteiger partial charge in [0.05, 0.1) is 7.11 Å². The van der Waals surface area contributed by atoms with Crippen molar-refractivity contribution in [1.82, 2.24) is 0 Å². The highest BCUT2D eigenvalue weighted by Gasteiger charge is 2.36. The van der Waals surface area contributed by atoms with Crippen molar-refractivity contribution >= 4 is 17.7 Å². The van der Waals surface area contributed by atoms with Crippen molar-refractivity contribution in [3.8, 4) is 5.75 Å². The number of hydrogen-bond acceptors (Lipinski definition) is 3. The van der Waals surface area contributed by atoms with Gasteiger partial charge in [0.1, 0.15) is 10.5 Å². The van der Waals surface area contributed by atoms with Gasteiger partial charge < -0.3 is 9.84 Å². The molecule has 18 heavy (non-hydrogen) atoms. The average molecular weight is 268 g/mol. The molecule has 0 saturated carbocycles. The summed E-state index contributed by atoms with van der Waals surface area (Å²) in [7, 11) is 1.62. The molecular weight excluding hydrogens is 248 g/mol. The van der Waals surface area contributed by atoms with Crippen LogP contribution in [0.2, 0.25) is 0 Å². The fourth-order valence-corrected chi connectivity index (χ4v) is 3.14. The monoisotopic (exact) mass is 268 g/mol. The molecule has 4 heteroatoms. The zero-order valence-corrected chi connectivity index (χ0v) is 11.9. The first-order valence-electron chi connectivity index (χ1n) is 6.14. The summed E-state index contributed by atoms with van der Waals surface area (Å²) in [6.07, 6.45) is 2.16. The Kier molecular flexibility index (Phi) is 5.54. The van der Waals surface area contributed by atoms with E-state index in [0.717, 1.165) is 17.1 Å². The first kappa shape index (κ1) is 14.9. The molecule has 3 nitrogen and oxygen atoms in total. The summed E-state index contributed by atoms with van der Waals surface area (Å²) in [5.74, 6) is 0.0555. The maximum atomic E-state index is 11.5. The number of thioether (sulfide) groups is 1. The number of carbonyl (C=O) groups is 1. The van der Waals surface area contributed by atoms with E-state index in [1.165, 1.54) is 11.8 Å². The summed E-state index contributed by atoms with van der Waals surface area (Å²) in [5.41, 5.74) is 0. The van der Waals surface area contributed by atoms with Crippen LogP contribution in [0, 0.1) is 0 Å². The summed E-state index contributed by atoms with van der Waals surface area (Å²) in [4.78, 5) is 12.5. The third-order valence-corrected chi connectivity index (χ3v) is 4.55. The predicted octanol–water partition coefficient (Wildman–Crippen LogP) is 3.82. The molecule has 0 amide bonds. The van der Waals surface area contributed by atoms with Gasteiger partial charge in [0.2, 0.25) is 0 Å². The fourth-order valence-electron chi connectivity index (χ4n) is 1.87. The van der Waals surface area contributed by atoms with E-state index in [4.69, 9.17) is 4.74 Å². The lowest BCUT2D eigenvalue weighted by molar-refractivity contribution is -0.140. The maximum Gasteiger partial charge on any atom is 0.320 e. The fraction of sp³-hybridized carbons (Fsp3) is 0.500. The Morgan fingerprint density at radius 3 is 2.33 bits per heavy atom. The van der Waals surface area contributed by atoms with Gasteiger partial charge in [-0.3, -0.25) is 4.79 Å². The van der Waals surface area contributed by atoms with Crippen molar-refractivity contribution in [1.29, 1.82) is 0 Å². The summed E-state index contributed by atoms with van der Waals surface area (Å²) >= 11 is 1.43. The molecule has 0 heterocycles. The van der Waals surface area contributed by atoms with Crippen LogP contribution >= 0.6 is 11.8 Å². The minimum Gasteiger partial charge on any atom is -0.497 e. The van der Waals surface area contributed by atoms with E-state index in [1.54, 1.807) is 7.11 Å². The van der Waals surface area contributed by atoms with Crippen LogP contribution in [-0.2, 0) is 4.79 Å². The Labute approximate surface area is 113 Å². The minimum absolute atomic E-state index is 0.618. The molecule has 0 aliphatic heterocycles. The number of hydrogen-bond donors (Lipinski definition) is 1. The van der Waals surface area contributed by atoms with Gasteiger partial charge in [-0.25, -0.2) is 0 Å². The van der Waals surface area contributed by atoms with E-state index >= 15 is 0 Å². The Morgan fingerprint density at radius 1 is 1.33 bits per heavy atom. The molecule has 0 fully saturated rings. The van der Waals surface area contributed by atoms with Gasteiger partial charge in [0.25, 0.3) is 0 Å². The smallest absolute Gasteiger partial charge is 0.320 e. The molecule has 0 bridgehead atoms. The molecule has 1 N–H and O–H groups in total. The highest BCUT2D eigenvalue weighted by Crippen LogP contribution is 2.40. The van der Waals surface area contributed by atoms with Crippen LogP contribution in [0.15, 0.2) is 29.2 Å². The zero-order chi connectivity index (χ0) is 13.6. The molecule has 1 unspecified atom stereocenters. The van der Waals surface area contributed by atoms with Crippen molar-refractivity contribution in [3.05, 3.63) is 24.3 Å². The molecule has 0 radical (unpaired) electrons. The first-order valence-corrected chi connectivity index (χ1v) is 6.96. The summed E-state index contributed by atoms with van der Waals surface area (Å²) < 4.78 is 4.38. The molecule has 100 valence electrons. The topological polar surface area (TPSA) is 46.5 Å². The van der Waals surface area contributed by atoms with Crippen molar-refractivity contribution in [2.75, 3.05) is 7.11 Å². The standard InChI is InChI=1S/C14H20O3S/c1-4-10-14(5-2,13(15)16)18-12-8-6-11(17-3)7-9-12/h6-9H,4-5,10H2,1-3H3,(H,15,16). The summed E-state index contributed by atoms with van der Waals surface area (Å²) in [6, 6.07) is 7.53. The average Bonchev–Trinajstić information content (AvgIpc) is 2.38. The first-order chi connectivity index (χ1) is 8.57. The van der Waals surface area contributed by atoms with E-state index in [2.05, 4.69) is 0 Å². The normalized spacial score (nSPS) is 13.9. The molecule has 1 aromatic rings. The van der Waals surface area contributed by atoms with Crippen molar-refractivity contribution in [2.45, 2.75) is 42.8 Å². The summed E-state index contributed by atoms with van der Waals surface area (Å²) in [5, 5.41) is 9.47. The molecule has 0 saturated heterocycles. The van der Waals surface area contributed by atoms with Crippen LogP contribution < -0.4 is 4.74 Å². The predicted molar refractivity (Wildman–Crippen MR) is 74.4 cm³/mol. The van der Waals surface area contributed by atoms with Gasteiger partial charge in [0, 0.05) is 4.90 Å². The van der Waals surface area contributed by atoms with Crippen LogP contribution in [0.3, 0.4) is 0 Å². The SMILES string of the molecule is CCCC(CC)(Sc1ccc(OC)cc1)C(=O)O. The number of carboxylic acid groups (broad SMARTS) is 1. The van der Waals surface area contributed by atoms with Gasteiger partial charge in [-0.15, -0.1) is 11.8 Å². The lowest BCUT2D eigenvalue weighted by Crippen LogP contribution is -2.34. The van der Waals surface area contributed by atoms with E-state index < -0.39 is 10.7 Å². The lowest BCUT2D eigenvalue weighted by atomic mass is 10.00. The minimum atomic E-state index is -0.729. The Hall–Kier alpha value is -1.16. The van der Waals surface area contributed by atoms with Crippen molar-refractivity contribution < 1.29 is 14.6 Å². The van der Waals surface area contributed by atoms with Gasteiger partial charge in [-0.05, 0) is 37.1 Å². The van der Waals surface area contributed by atoms with Gasteiger partial charge in [0.15, 0.2) is 0 Å². The second-order valence-electron chi connectivity index (χ2n) is 4.18. The number of rotatable bonds is 7. The van der Waals surface area contributed by atoms with Gasteiger partial charge in [-0.1, -0.05) is 20.3 Å². The second-order valence-corrected chi connectivity index (χ2v) is 5.64. The second kappa shape index (κ2) is 6.69. The largest absolute Gasteiger partial charge is 0.497 e. The highest BCUT2D eigenvalue weighted by atomic mass is 32.2. The highest BCUT2D eigenvalue weighted by molar-refractivity contribution is 8.01. The van der Waals surface area contributed by atoms with E-state index in [-0.39, 0.29) is 0 Å². The molecular formula is C14H20O3S. The molecule has 1 aromatic carbocycles. The third kappa shape index (κ3) is 3.42. The molecule has 0 aliphatic carbocycles. The van der Waals surface area contributed by atoms with E-state index in [1.807, 2.05) is 38.1 Å². The molecule has 1 atom stereocenters. The Morgan fingerprint density at radius 2 is 1.94 bits per heavy atom. The third-order valence-electron chi connectivity index (χ3n) is 2.99. The molecule has 1 rings (SSSR count). The van der Waals surface area contributed by atoms with Crippen molar-refractivity contribution in [2.24, 2.45) is 0 Å². The number of methoxy groups -OCH3 is 1. The van der Waals surface area contributed by atoms with E-state index in [9.17, 15) is 9.90 Å².